The molecule has 0 aliphatic heterocycles. The largest absolute Gasteiger partial charge is 0.392 e. The van der Waals surface area contributed by atoms with Crippen molar-refractivity contribution in [3.8, 4) is 0 Å². The lowest BCUT2D eigenvalue weighted by Gasteiger charge is -2.09. The molecule has 1 atom stereocenters. The third-order valence-electron chi connectivity index (χ3n) is 2.06. The van der Waals surface area contributed by atoms with Gasteiger partial charge in [0.25, 0.3) is 0 Å². The number of hydrogen-bond donors (Lipinski definition) is 2. The van der Waals surface area contributed by atoms with Crippen molar-refractivity contribution in [2.24, 2.45) is 0 Å². The lowest BCUT2D eigenvalue weighted by Crippen LogP contribution is -2.24. The molecule has 1 rings (SSSR count). The van der Waals surface area contributed by atoms with Gasteiger partial charge in [-0.05, 0) is 37.1 Å². The van der Waals surface area contributed by atoms with Gasteiger partial charge < -0.3 is 10.4 Å². The molecule has 0 unspecified atom stereocenters. The molecular weight excluding hydrogens is 242 g/mol. The van der Waals surface area contributed by atoms with Gasteiger partial charge in [-0.3, -0.25) is 0 Å². The fourth-order valence-electron chi connectivity index (χ4n) is 1.27. The van der Waals surface area contributed by atoms with Crippen LogP contribution in [0.1, 0.15) is 18.1 Å². The Bertz CT molecular complexity index is 299. The second-order valence-electron chi connectivity index (χ2n) is 3.55. The van der Waals surface area contributed by atoms with Crippen LogP contribution < -0.4 is 5.32 Å². The molecule has 2 nitrogen and oxygen atoms in total. The minimum Gasteiger partial charge on any atom is -0.392 e. The maximum atomic E-state index is 9.07. The number of aliphatic hydroxyl groups is 1. The topological polar surface area (TPSA) is 32.3 Å². The van der Waals surface area contributed by atoms with Gasteiger partial charge in [-0.25, -0.2) is 0 Å². The van der Waals surface area contributed by atoms with Crippen LogP contribution >= 0.6 is 15.9 Å². The normalized spacial score (nSPS) is 12.9. The van der Waals surface area contributed by atoms with Gasteiger partial charge in [-0.15, -0.1) is 0 Å². The lowest BCUT2D eigenvalue weighted by molar-refractivity contribution is 0.191. The summed E-state index contributed by atoms with van der Waals surface area (Å²) in [4.78, 5) is 0. The number of aliphatic hydroxyl groups excluding tert-OH is 1. The Morgan fingerprint density at radius 3 is 2.79 bits per heavy atom. The van der Waals surface area contributed by atoms with E-state index in [9.17, 15) is 0 Å². The highest BCUT2D eigenvalue weighted by molar-refractivity contribution is 9.10. The highest BCUT2D eigenvalue weighted by Crippen LogP contribution is 2.15. The second-order valence-corrected chi connectivity index (χ2v) is 4.47. The maximum Gasteiger partial charge on any atom is 0.0636 e. The minimum absolute atomic E-state index is 0.286. The van der Waals surface area contributed by atoms with Crippen LogP contribution in [-0.2, 0) is 6.54 Å². The molecule has 0 radical (unpaired) electrons. The predicted molar refractivity (Wildman–Crippen MR) is 62.3 cm³/mol. The molecular formula is C11H16BrNO. The van der Waals surface area contributed by atoms with E-state index in [-0.39, 0.29) is 6.10 Å². The summed E-state index contributed by atoms with van der Waals surface area (Å²) >= 11 is 3.43. The fourth-order valence-corrected chi connectivity index (χ4v) is 1.75. The van der Waals surface area contributed by atoms with Crippen molar-refractivity contribution in [1.29, 1.82) is 0 Å². The predicted octanol–water partition coefficient (Wildman–Crippen LogP) is 2.23. The quantitative estimate of drug-likeness (QED) is 0.868. The van der Waals surface area contributed by atoms with Crippen molar-refractivity contribution in [3.63, 3.8) is 0 Å². The summed E-state index contributed by atoms with van der Waals surface area (Å²) in [5, 5.41) is 12.3. The summed E-state index contributed by atoms with van der Waals surface area (Å²) in [6.07, 6.45) is -0.286. The van der Waals surface area contributed by atoms with Gasteiger partial charge in [-0.2, -0.15) is 0 Å². The van der Waals surface area contributed by atoms with Crippen LogP contribution in [0.3, 0.4) is 0 Å². The second kappa shape index (κ2) is 5.49. The van der Waals surface area contributed by atoms with Gasteiger partial charge in [0, 0.05) is 17.6 Å². The van der Waals surface area contributed by atoms with E-state index in [1.54, 1.807) is 6.92 Å². The first-order chi connectivity index (χ1) is 6.59. The lowest BCUT2D eigenvalue weighted by atomic mass is 10.1. The van der Waals surface area contributed by atoms with E-state index >= 15 is 0 Å². The van der Waals surface area contributed by atoms with Crippen LogP contribution in [0.5, 0.6) is 0 Å². The van der Waals surface area contributed by atoms with Crippen LogP contribution in [0.25, 0.3) is 0 Å². The van der Waals surface area contributed by atoms with E-state index in [1.165, 1.54) is 11.1 Å². The average molecular weight is 258 g/mol. The molecule has 78 valence electrons. The molecule has 2 N–H and O–H groups in total. The number of rotatable bonds is 4. The highest BCUT2D eigenvalue weighted by Gasteiger charge is 1.99. The number of aryl methyl sites for hydroxylation is 1. The molecule has 1 aromatic rings. The summed E-state index contributed by atoms with van der Waals surface area (Å²) in [5.41, 5.74) is 2.53. The number of hydrogen-bond acceptors (Lipinski definition) is 2. The number of benzene rings is 1. The van der Waals surface area contributed by atoms with Crippen molar-refractivity contribution in [3.05, 3.63) is 33.8 Å². The van der Waals surface area contributed by atoms with Crippen LogP contribution in [0, 0.1) is 6.92 Å². The molecule has 3 heteroatoms. The summed E-state index contributed by atoms with van der Waals surface area (Å²) in [5.74, 6) is 0. The molecule has 0 saturated carbocycles. The molecule has 1 aromatic carbocycles. The zero-order valence-electron chi connectivity index (χ0n) is 8.55. The van der Waals surface area contributed by atoms with Crippen molar-refractivity contribution < 1.29 is 5.11 Å². The van der Waals surface area contributed by atoms with Crippen LogP contribution in [-0.4, -0.2) is 17.8 Å². The monoisotopic (exact) mass is 257 g/mol. The Balaban J connectivity index is 2.51. The van der Waals surface area contributed by atoms with E-state index in [0.717, 1.165) is 11.0 Å². The Morgan fingerprint density at radius 2 is 2.21 bits per heavy atom. The molecule has 0 aliphatic carbocycles. The summed E-state index contributed by atoms with van der Waals surface area (Å²) < 4.78 is 1.11. The molecule has 14 heavy (non-hydrogen) atoms. The van der Waals surface area contributed by atoms with Gasteiger partial charge in [-0.1, -0.05) is 22.0 Å². The first-order valence-corrected chi connectivity index (χ1v) is 5.52. The van der Waals surface area contributed by atoms with Gasteiger partial charge >= 0.3 is 0 Å². The zero-order chi connectivity index (χ0) is 10.6. The molecule has 0 aliphatic rings. The van der Waals surface area contributed by atoms with Gasteiger partial charge in [0.1, 0.15) is 0 Å². The standard InChI is InChI=1S/C11H16BrNO/c1-8-5-11(12)4-3-10(8)7-13-6-9(2)14/h3-5,9,13-14H,6-7H2,1-2H3/t9-/m1/s1. The van der Waals surface area contributed by atoms with Crippen molar-refractivity contribution >= 4 is 15.9 Å². The SMILES string of the molecule is Cc1cc(Br)ccc1CNC[C@@H](C)O. The highest BCUT2D eigenvalue weighted by atomic mass is 79.9. The first-order valence-electron chi connectivity index (χ1n) is 4.73. The van der Waals surface area contributed by atoms with E-state index in [2.05, 4.69) is 40.3 Å². The van der Waals surface area contributed by atoms with E-state index in [1.807, 2.05) is 6.07 Å². The Kier molecular flexibility index (Phi) is 4.58. The van der Waals surface area contributed by atoms with E-state index < -0.39 is 0 Å². The molecule has 0 bridgehead atoms. The number of nitrogens with one attached hydrogen (secondary N) is 1. The van der Waals surface area contributed by atoms with Crippen LogP contribution in [0.4, 0.5) is 0 Å². The zero-order valence-corrected chi connectivity index (χ0v) is 10.1. The average Bonchev–Trinajstić information content (AvgIpc) is 2.08. The van der Waals surface area contributed by atoms with E-state index in [0.29, 0.717) is 6.54 Å². The molecule has 0 amide bonds. The van der Waals surface area contributed by atoms with E-state index in [4.69, 9.17) is 5.11 Å². The van der Waals surface area contributed by atoms with Crippen LogP contribution in [0.2, 0.25) is 0 Å². The van der Waals surface area contributed by atoms with Crippen molar-refractivity contribution in [1.82, 2.24) is 5.32 Å². The Hall–Kier alpha value is -0.380. The fraction of sp³-hybridized carbons (Fsp3) is 0.455. The molecule has 0 aromatic heterocycles. The molecule has 0 heterocycles. The Labute approximate surface area is 93.5 Å². The van der Waals surface area contributed by atoms with Gasteiger partial charge in [0.15, 0.2) is 0 Å². The number of halogens is 1. The summed E-state index contributed by atoms with van der Waals surface area (Å²) in [7, 11) is 0. The Morgan fingerprint density at radius 1 is 1.50 bits per heavy atom. The third kappa shape index (κ3) is 3.78. The smallest absolute Gasteiger partial charge is 0.0636 e. The van der Waals surface area contributed by atoms with Crippen molar-refractivity contribution in [2.75, 3.05) is 6.54 Å². The molecule has 0 spiro atoms. The third-order valence-corrected chi connectivity index (χ3v) is 2.55. The molecule has 0 fully saturated rings. The maximum absolute atomic E-state index is 9.07. The molecule has 0 saturated heterocycles. The summed E-state index contributed by atoms with van der Waals surface area (Å²) in [6.45, 7) is 5.31. The minimum atomic E-state index is -0.286. The van der Waals surface area contributed by atoms with Gasteiger partial charge in [0.2, 0.25) is 0 Å². The summed E-state index contributed by atoms with van der Waals surface area (Å²) in [6, 6.07) is 6.22. The van der Waals surface area contributed by atoms with Gasteiger partial charge in [0.05, 0.1) is 6.10 Å². The first kappa shape index (κ1) is 11.7. The van der Waals surface area contributed by atoms with Crippen molar-refractivity contribution in [2.45, 2.75) is 26.5 Å². The van der Waals surface area contributed by atoms with Crippen LogP contribution in [0.15, 0.2) is 22.7 Å².